The summed E-state index contributed by atoms with van der Waals surface area (Å²) in [6.45, 7) is 0. The van der Waals surface area contributed by atoms with Gasteiger partial charge in [-0.3, -0.25) is 0 Å². The van der Waals surface area contributed by atoms with Crippen LogP contribution in [0.25, 0.3) is 0 Å². The molecule has 0 aromatic heterocycles. The Balaban J connectivity index is 1.14. The Morgan fingerprint density at radius 1 is 0.359 bits per heavy atom. The van der Waals surface area contributed by atoms with E-state index in [-0.39, 0.29) is 15.8 Å². The normalized spacial score (nSPS) is 22.9. The zero-order valence-corrected chi connectivity index (χ0v) is 26.3. The van der Waals surface area contributed by atoms with Gasteiger partial charge in [0.1, 0.15) is 0 Å². The second-order valence-corrected chi connectivity index (χ2v) is 18.8. The first-order valence-electron chi connectivity index (χ1n) is 16.9. The molecule has 0 radical (unpaired) electrons. The Labute approximate surface area is 242 Å². The number of anilines is 2. The lowest BCUT2D eigenvalue weighted by molar-refractivity contribution is 0.487. The zero-order valence-electron chi connectivity index (χ0n) is 24.5. The van der Waals surface area contributed by atoms with Crippen LogP contribution in [-0.2, 0) is 0 Å². The van der Waals surface area contributed by atoms with E-state index in [2.05, 4.69) is 53.8 Å². The molecule has 0 atom stereocenters. The van der Waals surface area contributed by atoms with Crippen molar-refractivity contribution < 1.29 is 0 Å². The van der Waals surface area contributed by atoms with Crippen LogP contribution in [0.15, 0.2) is 48.5 Å². The van der Waals surface area contributed by atoms with Gasteiger partial charge in [-0.25, -0.2) is 0 Å². The molecule has 212 valence electrons. The van der Waals surface area contributed by atoms with Crippen LogP contribution in [0.3, 0.4) is 0 Å². The van der Waals surface area contributed by atoms with Crippen LogP contribution in [0.4, 0.5) is 11.4 Å². The van der Waals surface area contributed by atoms with E-state index in [1.165, 1.54) is 140 Å². The lowest BCUT2D eigenvalue weighted by Crippen LogP contribution is -2.26. The lowest BCUT2D eigenvalue weighted by atomic mass is 9.99. The minimum absolute atomic E-state index is 0.0144. The van der Waals surface area contributed by atoms with Crippen molar-refractivity contribution in [2.45, 2.75) is 151 Å². The van der Waals surface area contributed by atoms with Gasteiger partial charge < -0.3 is 5.32 Å². The Morgan fingerprint density at radius 3 is 0.872 bits per heavy atom. The Bertz CT molecular complexity index is 860. The van der Waals surface area contributed by atoms with Gasteiger partial charge in [0, 0.05) is 11.4 Å². The van der Waals surface area contributed by atoms with E-state index in [0.29, 0.717) is 0 Å². The van der Waals surface area contributed by atoms with Crippen molar-refractivity contribution in [3.8, 4) is 0 Å². The van der Waals surface area contributed by atoms with Crippen molar-refractivity contribution in [3.63, 3.8) is 0 Å². The van der Waals surface area contributed by atoms with Crippen molar-refractivity contribution >= 4 is 37.8 Å². The summed E-state index contributed by atoms with van der Waals surface area (Å²) in [7, 11) is -0.0287. The van der Waals surface area contributed by atoms with E-state index in [9.17, 15) is 0 Å². The van der Waals surface area contributed by atoms with E-state index in [1.807, 2.05) is 0 Å². The summed E-state index contributed by atoms with van der Waals surface area (Å²) < 4.78 is 0. The summed E-state index contributed by atoms with van der Waals surface area (Å²) in [6.07, 6.45) is 29.5. The monoisotopic (exact) mass is 561 g/mol. The summed E-state index contributed by atoms with van der Waals surface area (Å²) in [4.78, 5) is 0. The van der Waals surface area contributed by atoms with Crippen molar-refractivity contribution in [2.24, 2.45) is 0 Å². The number of rotatable bonds is 8. The molecule has 0 spiro atoms. The highest BCUT2D eigenvalue weighted by Gasteiger charge is 2.33. The van der Waals surface area contributed by atoms with Crippen LogP contribution in [-0.4, -0.2) is 22.6 Å². The van der Waals surface area contributed by atoms with Crippen LogP contribution in [0.1, 0.15) is 128 Å². The topological polar surface area (TPSA) is 12.0 Å². The summed E-state index contributed by atoms with van der Waals surface area (Å²) in [5.41, 5.74) is 6.43. The fraction of sp³-hybridized carbons (Fsp3) is 0.667. The molecule has 0 bridgehead atoms. The molecule has 39 heavy (non-hydrogen) atoms. The second kappa shape index (κ2) is 14.3. The highest BCUT2D eigenvalue weighted by Crippen LogP contribution is 2.56. The minimum atomic E-state index is -0.0144. The first kappa shape index (κ1) is 28.2. The van der Waals surface area contributed by atoms with Gasteiger partial charge in [0.05, 0.1) is 0 Å². The van der Waals surface area contributed by atoms with Crippen LogP contribution in [0, 0.1) is 0 Å². The molecule has 2 aromatic rings. The molecule has 4 saturated carbocycles. The molecule has 0 unspecified atom stereocenters. The van der Waals surface area contributed by atoms with E-state index in [4.69, 9.17) is 0 Å². The number of nitrogens with one attached hydrogen (secondary N) is 1. The summed E-state index contributed by atoms with van der Waals surface area (Å²) in [6, 6.07) is 19.6. The van der Waals surface area contributed by atoms with Gasteiger partial charge in [-0.15, -0.1) is 0 Å². The largest absolute Gasteiger partial charge is 0.356 e. The molecule has 1 N–H and O–H groups in total. The highest BCUT2D eigenvalue weighted by atomic mass is 31.1. The third kappa shape index (κ3) is 7.31. The fourth-order valence-electron chi connectivity index (χ4n) is 8.48. The number of hydrogen-bond donors (Lipinski definition) is 1. The van der Waals surface area contributed by atoms with Gasteiger partial charge in [-0.1, -0.05) is 117 Å². The minimum Gasteiger partial charge on any atom is -0.356 e. The summed E-state index contributed by atoms with van der Waals surface area (Å²) >= 11 is 0. The molecule has 1 nitrogen and oxygen atoms in total. The molecule has 0 saturated heterocycles. The van der Waals surface area contributed by atoms with Crippen molar-refractivity contribution in [1.29, 1.82) is 0 Å². The first-order chi connectivity index (χ1) is 19.3. The molecule has 4 aliphatic rings. The molecule has 4 fully saturated rings. The summed E-state index contributed by atoms with van der Waals surface area (Å²) in [5, 5.41) is 7.15. The van der Waals surface area contributed by atoms with Crippen LogP contribution in [0.5, 0.6) is 0 Å². The number of hydrogen-bond acceptors (Lipinski definition) is 1. The van der Waals surface area contributed by atoms with E-state index in [0.717, 1.165) is 22.6 Å². The molecule has 3 heteroatoms. The number of benzene rings is 2. The SMILES string of the molecule is c1cc(P(C2CCCCC2)C2CCCCC2)ccc1Nc1ccc(P(C2CCCCC2)C2CCCCC2)cc1. The summed E-state index contributed by atoms with van der Waals surface area (Å²) in [5.74, 6) is 0. The predicted molar refractivity (Wildman–Crippen MR) is 177 cm³/mol. The Kier molecular flexibility index (Phi) is 10.4. The first-order valence-corrected chi connectivity index (χ1v) is 19.8. The molecule has 4 aliphatic carbocycles. The smallest absolute Gasteiger partial charge is 0.0384 e. The molecule has 6 rings (SSSR count). The van der Waals surface area contributed by atoms with Crippen molar-refractivity contribution in [1.82, 2.24) is 0 Å². The molecule has 2 aromatic carbocycles. The fourth-order valence-corrected chi connectivity index (χ4v) is 16.0. The third-order valence-corrected chi connectivity index (χ3v) is 17.5. The van der Waals surface area contributed by atoms with Gasteiger partial charge in [0.25, 0.3) is 0 Å². The predicted octanol–water partition coefficient (Wildman–Crippen LogP) is 11.0. The maximum absolute atomic E-state index is 3.77. The van der Waals surface area contributed by atoms with Crippen molar-refractivity contribution in [3.05, 3.63) is 48.5 Å². The standard InChI is InChI=1S/C36H53NP2/c1-5-13-31(14-6-1)38(32-15-7-2-8-16-32)35-25-21-29(22-26-35)37-30-23-27-36(28-24-30)39(33-17-9-3-10-18-33)34-19-11-4-12-20-34/h21-28,31-34,37H,1-20H2. The van der Waals surface area contributed by atoms with Gasteiger partial charge in [-0.2, -0.15) is 0 Å². The molecule has 0 heterocycles. The maximum Gasteiger partial charge on any atom is 0.0384 e. The van der Waals surface area contributed by atoms with Crippen LogP contribution < -0.4 is 15.9 Å². The molecular weight excluding hydrogens is 508 g/mol. The Hall–Kier alpha value is -0.900. The van der Waals surface area contributed by atoms with Crippen LogP contribution in [0.2, 0.25) is 0 Å². The van der Waals surface area contributed by atoms with Crippen molar-refractivity contribution in [2.75, 3.05) is 5.32 Å². The third-order valence-electron chi connectivity index (χ3n) is 10.5. The molecular formula is C36H53NP2. The van der Waals surface area contributed by atoms with Gasteiger partial charge in [0.2, 0.25) is 0 Å². The average molecular weight is 562 g/mol. The average Bonchev–Trinajstić information content (AvgIpc) is 3.01. The highest BCUT2D eigenvalue weighted by molar-refractivity contribution is 7.67. The van der Waals surface area contributed by atoms with E-state index >= 15 is 0 Å². The van der Waals surface area contributed by atoms with Gasteiger partial charge in [0.15, 0.2) is 0 Å². The van der Waals surface area contributed by atoms with Crippen LogP contribution >= 0.6 is 15.8 Å². The van der Waals surface area contributed by atoms with E-state index in [1.54, 1.807) is 10.6 Å². The van der Waals surface area contributed by atoms with Gasteiger partial charge >= 0.3 is 0 Å². The molecule has 0 aliphatic heterocycles. The molecule has 0 amide bonds. The quantitative estimate of drug-likeness (QED) is 0.316. The maximum atomic E-state index is 3.77. The van der Waals surface area contributed by atoms with Gasteiger partial charge in [-0.05, 0) is 109 Å². The lowest BCUT2D eigenvalue weighted by Gasteiger charge is -2.39. The Morgan fingerprint density at radius 2 is 0.615 bits per heavy atom. The van der Waals surface area contributed by atoms with E-state index < -0.39 is 0 Å². The zero-order chi connectivity index (χ0) is 26.3. The second-order valence-electron chi connectivity index (χ2n) is 13.2.